The molecule has 2 saturated heterocycles. The Morgan fingerprint density at radius 2 is 0.353 bits per heavy atom. The fourth-order valence-electron chi connectivity index (χ4n) is 27.5. The van der Waals surface area contributed by atoms with Crippen LogP contribution in [0, 0.1) is 0 Å². The van der Waals surface area contributed by atoms with Gasteiger partial charge in [0.15, 0.2) is 0 Å². The Hall–Kier alpha value is -7.36. The second-order valence-corrected chi connectivity index (χ2v) is 27.0. The molecule has 4 atom stereocenters. The van der Waals surface area contributed by atoms with Gasteiger partial charge in [-0.05, 0) is 318 Å². The van der Waals surface area contributed by atoms with E-state index in [0.717, 1.165) is 26.2 Å². The van der Waals surface area contributed by atoms with Gasteiger partial charge in [-0.3, -0.25) is 0 Å². The lowest BCUT2D eigenvalue weighted by molar-refractivity contribution is 0.394. The fourth-order valence-corrected chi connectivity index (χ4v) is 27.5. The summed E-state index contributed by atoms with van der Waals surface area (Å²) in [6.45, 7) is 4.54. The summed E-state index contributed by atoms with van der Waals surface area (Å²) in [5, 5.41) is 78.9. The molecule has 24 aromatic rings. The number of benzene rings is 16. The Bertz CT molecular complexity index is 6670. The van der Waals surface area contributed by atoms with E-state index in [1.54, 1.807) is 259 Å². The van der Waals surface area contributed by atoms with Crippen molar-refractivity contribution in [2.24, 2.45) is 0 Å². The van der Waals surface area contributed by atoms with Gasteiger partial charge in [0.25, 0.3) is 0 Å². The van der Waals surface area contributed by atoms with E-state index < -0.39 is 0 Å². The van der Waals surface area contributed by atoms with E-state index in [2.05, 4.69) is 23.9 Å². The summed E-state index contributed by atoms with van der Waals surface area (Å²) >= 11 is 0. The van der Waals surface area contributed by atoms with Crippen molar-refractivity contribution in [3.63, 3.8) is 0 Å². The molecule has 0 saturated carbocycles. The number of likely N-dealkylation sites (N-methyl/N-ethyl adjacent to an activating group) is 2. The van der Waals surface area contributed by atoms with Crippen LogP contribution in [-0.4, -0.2) is 50.1 Å². The minimum atomic E-state index is -0.115. The first-order valence-corrected chi connectivity index (χ1v) is 26.1. The largest absolute Gasteiger partial charge is 0.304 e. The second kappa shape index (κ2) is 5.41. The number of hydrogen-bond acceptors (Lipinski definition) is 2. The van der Waals surface area contributed by atoms with Gasteiger partial charge in [-0.2, -0.15) is 0 Å². The number of nitrogens with zero attached hydrogens (tertiary/aromatic N) is 2. The maximum Gasteiger partial charge on any atom is 0.0505 e. The predicted molar refractivity (Wildman–Crippen MR) is 282 cm³/mol. The quantitative estimate of drug-likeness (QED) is 0.140. The highest BCUT2D eigenvalue weighted by molar-refractivity contribution is 6.79. The Balaban J connectivity index is 1.22. The summed E-state index contributed by atoms with van der Waals surface area (Å²) in [5.74, 6) is 0. The summed E-state index contributed by atoms with van der Waals surface area (Å²) in [6.07, 6.45) is 0. The molecule has 2 heterocycles. The Labute approximate surface area is 373 Å². The van der Waals surface area contributed by atoms with Crippen LogP contribution >= 0.6 is 0 Å². The van der Waals surface area contributed by atoms with E-state index in [-0.39, 0.29) is 21.7 Å². The lowest BCUT2D eigenvalue weighted by Gasteiger charge is -2.57. The van der Waals surface area contributed by atoms with Crippen molar-refractivity contribution >= 4 is 259 Å². The molecule has 0 aromatic heterocycles. The van der Waals surface area contributed by atoms with Crippen LogP contribution < -0.4 is 0 Å². The first-order valence-electron chi connectivity index (χ1n) is 26.1. The van der Waals surface area contributed by atoms with Gasteiger partial charge < -0.3 is 9.80 Å². The number of rotatable bonds is 0. The lowest BCUT2D eigenvalue weighted by Crippen LogP contribution is -2.57. The molecular weight excluding hydrogens is 821 g/mol. The van der Waals surface area contributed by atoms with E-state index in [1.807, 2.05) is 44.5 Å². The van der Waals surface area contributed by atoms with Crippen molar-refractivity contribution in [3.05, 3.63) is 44.5 Å². The SMILES string of the molecule is CN1CC23C4=C5c6c7c8c9c(c%10c%11c2c2c4c4c%12c%13c%14c%15c%16c(c6c6c8c8c%17c9c9c%10c%10c%11c%11c2c%12c2c%12c%13c%13c%15c%15c%16c6c8c6c%15c8c%13c%12c%12c(c%112)c%10c2c9c%17c6c8c2%12)C52CN(C)CC4%142)C73C1. The van der Waals surface area contributed by atoms with Gasteiger partial charge in [-0.15, -0.1) is 0 Å². The van der Waals surface area contributed by atoms with Gasteiger partial charge >= 0.3 is 0 Å². The molecule has 0 amide bonds. The molecule has 0 bridgehead atoms. The van der Waals surface area contributed by atoms with Crippen LogP contribution in [0.5, 0.6) is 0 Å². The maximum absolute atomic E-state index is 2.90. The minimum Gasteiger partial charge on any atom is -0.304 e. The van der Waals surface area contributed by atoms with Crippen LogP contribution in [0.2, 0.25) is 0 Å². The third-order valence-electron chi connectivity index (χ3n) is 26.9. The lowest BCUT2D eigenvalue weighted by atomic mass is 9.43. The van der Waals surface area contributed by atoms with Gasteiger partial charge in [-0.25, -0.2) is 0 Å². The predicted octanol–water partition coefficient (Wildman–Crippen LogP) is 14.7. The smallest absolute Gasteiger partial charge is 0.0505 e. The van der Waals surface area contributed by atoms with Crippen LogP contribution in [0.1, 0.15) is 44.5 Å². The Kier molecular flexibility index (Phi) is 2.00. The van der Waals surface area contributed by atoms with Gasteiger partial charge in [-0.1, -0.05) is 0 Å². The third-order valence-corrected chi connectivity index (χ3v) is 26.9. The first kappa shape index (κ1) is 25.1. The van der Waals surface area contributed by atoms with E-state index in [9.17, 15) is 0 Å². The minimum absolute atomic E-state index is 0.114. The molecule has 2 fully saturated rings. The summed E-state index contributed by atoms with van der Waals surface area (Å²) in [5.41, 5.74) is 17.9. The maximum atomic E-state index is 2.90. The van der Waals surface area contributed by atoms with Gasteiger partial charge in [0.2, 0.25) is 0 Å². The highest BCUT2D eigenvalue weighted by atomic mass is 15.2. The highest BCUT2D eigenvalue weighted by Gasteiger charge is 2.81. The molecule has 10 aliphatic rings. The summed E-state index contributed by atoms with van der Waals surface area (Å²) in [7, 11) is 5.12. The first-order chi connectivity index (χ1) is 33.7. The monoisotopic (exact) mass is 834 g/mol. The van der Waals surface area contributed by atoms with Crippen LogP contribution in [-0.2, 0) is 21.7 Å². The van der Waals surface area contributed by atoms with Crippen molar-refractivity contribution in [1.82, 2.24) is 9.80 Å². The van der Waals surface area contributed by atoms with Crippen LogP contribution in [0.3, 0.4) is 0 Å². The van der Waals surface area contributed by atoms with Crippen molar-refractivity contribution in [2.45, 2.75) is 21.7 Å². The van der Waals surface area contributed by atoms with Crippen molar-refractivity contribution < 1.29 is 0 Å². The standard InChI is InChI=1S/C66H14N2/c1-67-3-63-55-43-35-27-19-11-8-7-9-14-18-12(7)20-16-10(8)13-17(11)29(35)37-31-22(13)26-24(16)34-28(20)36-30(18)38-32-21(14)25-23(15(9)19)33(27)47(55)49-39(25)42(32)52-53(59(49)63)62-61-54-51(57(45(37)43)65(61,63)5-67)41(31)40(26)50-48(34)56-44(36)46(38)58(52)66(62)6-68(2)4-64(56,66)60(50)54/h3-6H2,1-2H3. The van der Waals surface area contributed by atoms with E-state index in [0.29, 0.717) is 0 Å². The molecule has 0 radical (unpaired) electrons. The molecule has 68 heavy (non-hydrogen) atoms. The van der Waals surface area contributed by atoms with Crippen LogP contribution in [0.25, 0.3) is 259 Å². The molecule has 0 N–H and O–H groups in total. The van der Waals surface area contributed by atoms with E-state index in [1.165, 1.54) is 0 Å². The van der Waals surface area contributed by atoms with Crippen molar-refractivity contribution in [3.8, 4) is 0 Å². The molecule has 2 nitrogen and oxygen atoms in total. The normalized spacial score (nSPS) is 29.7. The average Bonchev–Trinajstić information content (AvgIpc) is 4.26. The molecule has 2 aliphatic heterocycles. The molecule has 4 spiro atoms. The summed E-state index contributed by atoms with van der Waals surface area (Å²) < 4.78 is 0. The fraction of sp³-hybridized carbons (Fsp3) is 0.152. The average molecular weight is 835 g/mol. The molecule has 24 aromatic carbocycles. The zero-order valence-electron chi connectivity index (χ0n) is 35.7. The highest BCUT2D eigenvalue weighted by Crippen LogP contribution is 2.90. The van der Waals surface area contributed by atoms with Crippen LogP contribution in [0.15, 0.2) is 0 Å². The van der Waals surface area contributed by atoms with Crippen LogP contribution in [0.4, 0.5) is 0 Å². The van der Waals surface area contributed by atoms with Gasteiger partial charge in [0, 0.05) is 26.2 Å². The topological polar surface area (TPSA) is 6.48 Å². The summed E-state index contributed by atoms with van der Waals surface area (Å²) in [4.78, 5) is 5.81. The molecule has 34 rings (SSSR count). The second-order valence-electron chi connectivity index (χ2n) is 27.0. The molecule has 288 valence electrons. The van der Waals surface area contributed by atoms with Gasteiger partial charge in [0.05, 0.1) is 21.7 Å². The molecule has 4 unspecified atom stereocenters. The zero-order valence-corrected chi connectivity index (χ0v) is 35.7. The number of hydrogen-bond donors (Lipinski definition) is 0. The van der Waals surface area contributed by atoms with Gasteiger partial charge in [0.1, 0.15) is 0 Å². The van der Waals surface area contributed by atoms with Crippen molar-refractivity contribution in [2.75, 3.05) is 40.3 Å². The Morgan fingerprint density at radius 1 is 0.191 bits per heavy atom. The molecule has 8 aliphatic carbocycles. The third kappa shape index (κ3) is 1.23. The Morgan fingerprint density at radius 3 is 0.588 bits per heavy atom. The van der Waals surface area contributed by atoms with Crippen molar-refractivity contribution in [1.29, 1.82) is 0 Å². The molecule has 2 heteroatoms. The van der Waals surface area contributed by atoms with E-state index >= 15 is 0 Å². The summed E-state index contributed by atoms with van der Waals surface area (Å²) in [6, 6.07) is 0. The molecular formula is C66H14N2. The van der Waals surface area contributed by atoms with E-state index in [4.69, 9.17) is 0 Å². The number of likely N-dealkylation sites (tertiary alicyclic amines) is 2. The zero-order chi connectivity index (χ0) is 40.3.